The summed E-state index contributed by atoms with van der Waals surface area (Å²) in [6.07, 6.45) is 3.20. The molecule has 20 heavy (non-hydrogen) atoms. The van der Waals surface area contributed by atoms with Crippen molar-refractivity contribution in [3.8, 4) is 0 Å². The first-order chi connectivity index (χ1) is 9.33. The van der Waals surface area contributed by atoms with Crippen LogP contribution in [-0.2, 0) is 23.7 Å². The number of aliphatic hydroxyl groups is 1. The van der Waals surface area contributed by atoms with Crippen molar-refractivity contribution in [1.29, 1.82) is 0 Å². The standard InChI is InChI=1S/C12H17N3O3S2/c1-8-5-13-12(19-8)9(2)14-20(17,18)11-4-10(7-16)15(3)6-11/h4-6,9,14,16H,7H2,1-3H3. The van der Waals surface area contributed by atoms with Crippen LogP contribution in [0, 0.1) is 6.92 Å². The maximum absolute atomic E-state index is 12.3. The highest BCUT2D eigenvalue weighted by Crippen LogP contribution is 2.22. The van der Waals surface area contributed by atoms with Crippen molar-refractivity contribution in [2.24, 2.45) is 7.05 Å². The Morgan fingerprint density at radius 1 is 1.55 bits per heavy atom. The van der Waals surface area contributed by atoms with Gasteiger partial charge in [-0.1, -0.05) is 0 Å². The van der Waals surface area contributed by atoms with Gasteiger partial charge >= 0.3 is 0 Å². The number of thiazole rings is 1. The fraction of sp³-hybridized carbons (Fsp3) is 0.417. The first-order valence-electron chi connectivity index (χ1n) is 6.04. The van der Waals surface area contributed by atoms with Crippen LogP contribution in [0.3, 0.4) is 0 Å². The summed E-state index contributed by atoms with van der Waals surface area (Å²) < 4.78 is 28.7. The molecule has 8 heteroatoms. The zero-order valence-electron chi connectivity index (χ0n) is 11.5. The Balaban J connectivity index is 2.22. The minimum Gasteiger partial charge on any atom is -0.390 e. The van der Waals surface area contributed by atoms with Gasteiger partial charge in [0.05, 0.1) is 17.5 Å². The highest BCUT2D eigenvalue weighted by molar-refractivity contribution is 7.89. The smallest absolute Gasteiger partial charge is 0.242 e. The van der Waals surface area contributed by atoms with E-state index >= 15 is 0 Å². The second kappa shape index (κ2) is 5.65. The Morgan fingerprint density at radius 2 is 2.25 bits per heavy atom. The van der Waals surface area contributed by atoms with Crippen molar-refractivity contribution in [3.05, 3.63) is 34.0 Å². The second-order valence-electron chi connectivity index (χ2n) is 4.59. The maximum atomic E-state index is 12.3. The fourth-order valence-corrected chi connectivity index (χ4v) is 3.96. The molecule has 110 valence electrons. The van der Waals surface area contributed by atoms with E-state index in [1.807, 2.05) is 6.92 Å². The van der Waals surface area contributed by atoms with E-state index in [2.05, 4.69) is 9.71 Å². The number of hydrogen-bond acceptors (Lipinski definition) is 5. The molecule has 0 saturated heterocycles. The molecule has 2 heterocycles. The summed E-state index contributed by atoms with van der Waals surface area (Å²) in [6, 6.07) is 1.07. The van der Waals surface area contributed by atoms with Crippen LogP contribution in [0.4, 0.5) is 0 Å². The normalized spacial score (nSPS) is 13.6. The van der Waals surface area contributed by atoms with Gasteiger partial charge in [0.15, 0.2) is 0 Å². The van der Waals surface area contributed by atoms with E-state index in [4.69, 9.17) is 5.11 Å². The number of nitrogens with zero attached hydrogens (tertiary/aromatic N) is 2. The Bertz CT molecular complexity index is 703. The molecule has 0 aliphatic carbocycles. The molecule has 0 radical (unpaired) electrons. The predicted molar refractivity (Wildman–Crippen MR) is 76.9 cm³/mol. The molecule has 0 saturated carbocycles. The first kappa shape index (κ1) is 15.2. The zero-order chi connectivity index (χ0) is 14.9. The Labute approximate surface area is 122 Å². The lowest BCUT2D eigenvalue weighted by Crippen LogP contribution is -2.26. The van der Waals surface area contributed by atoms with Crippen LogP contribution in [-0.4, -0.2) is 23.1 Å². The third kappa shape index (κ3) is 3.09. The molecule has 0 aliphatic rings. The first-order valence-corrected chi connectivity index (χ1v) is 8.34. The molecule has 0 aliphatic heterocycles. The van der Waals surface area contributed by atoms with Crippen LogP contribution in [0.2, 0.25) is 0 Å². The lowest BCUT2D eigenvalue weighted by atomic mass is 10.4. The van der Waals surface area contributed by atoms with Crippen molar-refractivity contribution >= 4 is 21.4 Å². The van der Waals surface area contributed by atoms with Gasteiger partial charge in [-0.05, 0) is 19.9 Å². The Hall–Kier alpha value is -1.22. The maximum Gasteiger partial charge on any atom is 0.242 e. The number of sulfonamides is 1. The van der Waals surface area contributed by atoms with Crippen molar-refractivity contribution in [1.82, 2.24) is 14.3 Å². The number of aliphatic hydroxyl groups excluding tert-OH is 1. The molecule has 0 bridgehead atoms. The monoisotopic (exact) mass is 315 g/mol. The van der Waals surface area contributed by atoms with Gasteiger partial charge < -0.3 is 9.67 Å². The van der Waals surface area contributed by atoms with Crippen LogP contribution in [0.25, 0.3) is 0 Å². The van der Waals surface area contributed by atoms with Gasteiger partial charge in [0.25, 0.3) is 0 Å². The summed E-state index contributed by atoms with van der Waals surface area (Å²) in [4.78, 5) is 5.36. The van der Waals surface area contributed by atoms with Crippen LogP contribution in [0.15, 0.2) is 23.4 Å². The Morgan fingerprint density at radius 3 is 2.75 bits per heavy atom. The van der Waals surface area contributed by atoms with Crippen molar-refractivity contribution < 1.29 is 13.5 Å². The molecule has 2 aromatic rings. The van der Waals surface area contributed by atoms with E-state index in [0.29, 0.717) is 5.69 Å². The highest BCUT2D eigenvalue weighted by Gasteiger charge is 2.22. The van der Waals surface area contributed by atoms with E-state index in [-0.39, 0.29) is 11.5 Å². The highest BCUT2D eigenvalue weighted by atomic mass is 32.2. The molecule has 1 unspecified atom stereocenters. The molecule has 0 aromatic carbocycles. The van der Waals surface area contributed by atoms with E-state index in [9.17, 15) is 8.42 Å². The van der Waals surface area contributed by atoms with Gasteiger partial charge in [-0.25, -0.2) is 18.1 Å². The van der Waals surface area contributed by atoms with Crippen molar-refractivity contribution in [2.45, 2.75) is 31.4 Å². The third-order valence-corrected chi connectivity index (χ3v) is 5.50. The summed E-state index contributed by atoms with van der Waals surface area (Å²) in [7, 11) is -1.93. The van der Waals surface area contributed by atoms with Gasteiger partial charge in [-0.15, -0.1) is 11.3 Å². The SMILES string of the molecule is Cc1cnc(C(C)NS(=O)(=O)c2cc(CO)n(C)c2)s1. The number of nitrogens with one attached hydrogen (secondary N) is 1. The molecule has 0 spiro atoms. The van der Waals surface area contributed by atoms with E-state index < -0.39 is 16.1 Å². The van der Waals surface area contributed by atoms with Crippen LogP contribution >= 0.6 is 11.3 Å². The van der Waals surface area contributed by atoms with Crippen molar-refractivity contribution in [2.75, 3.05) is 0 Å². The van der Waals surface area contributed by atoms with E-state index in [1.165, 1.54) is 23.6 Å². The fourth-order valence-electron chi connectivity index (χ4n) is 1.80. The van der Waals surface area contributed by atoms with Gasteiger partial charge in [0, 0.05) is 30.0 Å². The summed E-state index contributed by atoms with van der Waals surface area (Å²) in [5.74, 6) is 0. The average Bonchev–Trinajstić information content (AvgIpc) is 2.95. The van der Waals surface area contributed by atoms with Gasteiger partial charge in [-0.3, -0.25) is 0 Å². The van der Waals surface area contributed by atoms with Gasteiger partial charge in [0.2, 0.25) is 10.0 Å². The molecule has 2 N–H and O–H groups in total. The summed E-state index contributed by atoms with van der Waals surface area (Å²) >= 11 is 1.46. The lowest BCUT2D eigenvalue weighted by Gasteiger charge is -2.10. The minimum atomic E-state index is -3.63. The van der Waals surface area contributed by atoms with Crippen LogP contribution in [0.1, 0.15) is 28.5 Å². The minimum absolute atomic E-state index is 0.143. The Kier molecular flexibility index (Phi) is 4.28. The number of aromatic nitrogens is 2. The zero-order valence-corrected chi connectivity index (χ0v) is 13.1. The van der Waals surface area contributed by atoms with Gasteiger partial charge in [0.1, 0.15) is 5.01 Å². The number of aryl methyl sites for hydroxylation is 2. The van der Waals surface area contributed by atoms with Gasteiger partial charge in [-0.2, -0.15) is 0 Å². The van der Waals surface area contributed by atoms with Crippen molar-refractivity contribution in [3.63, 3.8) is 0 Å². The average molecular weight is 315 g/mol. The van der Waals surface area contributed by atoms with E-state index in [0.717, 1.165) is 9.88 Å². The lowest BCUT2D eigenvalue weighted by molar-refractivity contribution is 0.272. The molecule has 0 amide bonds. The van der Waals surface area contributed by atoms with E-state index in [1.54, 1.807) is 24.7 Å². The summed E-state index contributed by atoms with van der Waals surface area (Å²) in [6.45, 7) is 3.48. The number of rotatable bonds is 5. The second-order valence-corrected chi connectivity index (χ2v) is 7.57. The van der Waals surface area contributed by atoms with Crippen LogP contribution < -0.4 is 4.72 Å². The topological polar surface area (TPSA) is 84.2 Å². The molecule has 2 aromatic heterocycles. The quantitative estimate of drug-likeness (QED) is 0.871. The number of hydrogen-bond donors (Lipinski definition) is 2. The molecule has 6 nitrogen and oxygen atoms in total. The third-order valence-electron chi connectivity index (χ3n) is 2.90. The molecule has 1 atom stereocenters. The largest absolute Gasteiger partial charge is 0.390 e. The summed E-state index contributed by atoms with van der Waals surface area (Å²) in [5, 5.41) is 9.84. The molecule has 0 fully saturated rings. The predicted octanol–water partition coefficient (Wildman–Crippen LogP) is 1.32. The van der Waals surface area contributed by atoms with Crippen LogP contribution in [0.5, 0.6) is 0 Å². The molecule has 2 rings (SSSR count). The summed E-state index contributed by atoms with van der Waals surface area (Å²) in [5.41, 5.74) is 0.545. The molecular weight excluding hydrogens is 298 g/mol. The molecular formula is C12H17N3O3S2.